The summed E-state index contributed by atoms with van der Waals surface area (Å²) in [5.74, 6) is 0.936. The lowest BCUT2D eigenvalue weighted by Gasteiger charge is -2.29. The van der Waals surface area contributed by atoms with Crippen LogP contribution >= 0.6 is 0 Å². The molecule has 0 radical (unpaired) electrons. The van der Waals surface area contributed by atoms with Crippen molar-refractivity contribution in [2.45, 2.75) is 39.0 Å². The van der Waals surface area contributed by atoms with E-state index in [1.54, 1.807) is 0 Å². The third kappa shape index (κ3) is 4.76. The summed E-state index contributed by atoms with van der Waals surface area (Å²) in [6.07, 6.45) is 6.60. The molecule has 1 aromatic carbocycles. The molecule has 0 N–H and O–H groups in total. The van der Waals surface area contributed by atoms with E-state index in [0.717, 1.165) is 18.8 Å². The van der Waals surface area contributed by atoms with Crippen molar-refractivity contribution in [1.29, 1.82) is 0 Å². The summed E-state index contributed by atoms with van der Waals surface area (Å²) in [6, 6.07) is 10.2. The Morgan fingerprint density at radius 1 is 1.14 bits per heavy atom. The van der Waals surface area contributed by atoms with Crippen LogP contribution in [-0.4, -0.2) is 37.5 Å². The van der Waals surface area contributed by atoms with Gasteiger partial charge < -0.3 is 9.80 Å². The fourth-order valence-corrected chi connectivity index (χ4v) is 3.17. The molecule has 0 saturated heterocycles. The molecule has 0 aliphatic heterocycles. The van der Waals surface area contributed by atoms with Crippen molar-refractivity contribution in [3.05, 3.63) is 30.3 Å². The Bertz CT molecular complexity index is 426. The molecule has 1 aliphatic rings. The molecular weight excluding hydrogens is 260 g/mol. The zero-order valence-electron chi connectivity index (χ0n) is 13.4. The van der Waals surface area contributed by atoms with Crippen molar-refractivity contribution in [2.75, 3.05) is 31.6 Å². The minimum Gasteiger partial charge on any atom is -0.362 e. The topological polar surface area (TPSA) is 23.6 Å². The quantitative estimate of drug-likeness (QED) is 0.799. The smallest absolute Gasteiger partial charge is 0.241 e. The first kappa shape index (κ1) is 15.9. The van der Waals surface area contributed by atoms with Crippen LogP contribution in [0.5, 0.6) is 0 Å². The van der Waals surface area contributed by atoms with Crippen LogP contribution in [0.4, 0.5) is 5.69 Å². The van der Waals surface area contributed by atoms with Crippen molar-refractivity contribution >= 4 is 11.6 Å². The van der Waals surface area contributed by atoms with E-state index in [9.17, 15) is 4.79 Å². The minimum absolute atomic E-state index is 0.228. The van der Waals surface area contributed by atoms with Crippen LogP contribution in [0.15, 0.2) is 30.3 Å². The Morgan fingerprint density at radius 2 is 1.81 bits per heavy atom. The van der Waals surface area contributed by atoms with Crippen molar-refractivity contribution in [2.24, 2.45) is 5.92 Å². The maximum Gasteiger partial charge on any atom is 0.241 e. The molecule has 0 unspecified atom stereocenters. The van der Waals surface area contributed by atoms with Crippen molar-refractivity contribution in [3.8, 4) is 0 Å². The molecule has 1 aromatic rings. The van der Waals surface area contributed by atoms with Gasteiger partial charge in [-0.15, -0.1) is 0 Å². The summed E-state index contributed by atoms with van der Waals surface area (Å²) >= 11 is 0. The highest BCUT2D eigenvalue weighted by Gasteiger charge is 2.19. The number of hydrogen-bond donors (Lipinski definition) is 0. The molecule has 3 nitrogen and oxygen atoms in total. The molecule has 116 valence electrons. The predicted octanol–water partition coefficient (Wildman–Crippen LogP) is 3.55. The number of carbonyl (C=O) groups excluding carboxylic acids is 1. The van der Waals surface area contributed by atoms with Gasteiger partial charge in [0.25, 0.3) is 0 Å². The standard InChI is InChI=1S/C18H28N2O/c1-3-20(17-12-8-5-9-13-17)15-18(21)19(2)14-16-10-6-4-7-11-16/h5,8-9,12-13,16H,3-4,6-7,10-11,14-15H2,1-2H3. The second kappa shape index (κ2) is 8.06. The Balaban J connectivity index is 1.86. The molecule has 0 bridgehead atoms. The van der Waals surface area contributed by atoms with Gasteiger partial charge in [0, 0.05) is 25.8 Å². The van der Waals surface area contributed by atoms with Gasteiger partial charge >= 0.3 is 0 Å². The first-order valence-corrected chi connectivity index (χ1v) is 8.24. The van der Waals surface area contributed by atoms with E-state index < -0.39 is 0 Å². The van der Waals surface area contributed by atoms with Crippen LogP contribution in [0, 0.1) is 5.92 Å². The summed E-state index contributed by atoms with van der Waals surface area (Å²) in [6.45, 7) is 4.35. The highest BCUT2D eigenvalue weighted by molar-refractivity contribution is 5.81. The number of nitrogens with zero attached hydrogens (tertiary/aromatic N) is 2. The van der Waals surface area contributed by atoms with Crippen molar-refractivity contribution in [3.63, 3.8) is 0 Å². The van der Waals surface area contributed by atoms with Crippen LogP contribution in [0.1, 0.15) is 39.0 Å². The molecule has 1 aliphatic carbocycles. The Hall–Kier alpha value is -1.51. The Morgan fingerprint density at radius 3 is 2.43 bits per heavy atom. The predicted molar refractivity (Wildman–Crippen MR) is 88.5 cm³/mol. The van der Waals surface area contributed by atoms with Crippen LogP contribution in [0.3, 0.4) is 0 Å². The Labute approximate surface area is 128 Å². The van der Waals surface area contributed by atoms with Gasteiger partial charge in [-0.25, -0.2) is 0 Å². The highest BCUT2D eigenvalue weighted by Crippen LogP contribution is 2.24. The SMILES string of the molecule is CCN(CC(=O)N(C)CC1CCCCC1)c1ccccc1. The van der Waals surface area contributed by atoms with Crippen LogP contribution in [0.2, 0.25) is 0 Å². The first-order chi connectivity index (χ1) is 10.2. The second-order valence-electron chi connectivity index (χ2n) is 6.13. The van der Waals surface area contributed by atoms with Gasteiger partial charge in [-0.1, -0.05) is 37.5 Å². The zero-order valence-corrected chi connectivity index (χ0v) is 13.4. The summed E-state index contributed by atoms with van der Waals surface area (Å²) < 4.78 is 0. The summed E-state index contributed by atoms with van der Waals surface area (Å²) in [5.41, 5.74) is 1.12. The van der Waals surface area contributed by atoms with Crippen LogP contribution < -0.4 is 4.90 Å². The van der Waals surface area contributed by atoms with Crippen LogP contribution in [-0.2, 0) is 4.79 Å². The maximum absolute atomic E-state index is 12.4. The van der Waals surface area contributed by atoms with E-state index in [0.29, 0.717) is 12.5 Å². The number of amides is 1. The van der Waals surface area contributed by atoms with E-state index in [4.69, 9.17) is 0 Å². The number of para-hydroxylation sites is 1. The van der Waals surface area contributed by atoms with Gasteiger partial charge in [0.15, 0.2) is 0 Å². The number of hydrogen-bond acceptors (Lipinski definition) is 2. The van der Waals surface area contributed by atoms with Crippen molar-refractivity contribution in [1.82, 2.24) is 4.90 Å². The van der Waals surface area contributed by atoms with Gasteiger partial charge in [-0.2, -0.15) is 0 Å². The lowest BCUT2D eigenvalue weighted by Crippen LogP contribution is -2.40. The molecule has 1 fully saturated rings. The van der Waals surface area contributed by atoms with Gasteiger partial charge in [0.2, 0.25) is 5.91 Å². The van der Waals surface area contributed by atoms with E-state index in [1.807, 2.05) is 30.1 Å². The van der Waals surface area contributed by atoms with E-state index in [2.05, 4.69) is 24.0 Å². The molecule has 0 spiro atoms. The second-order valence-corrected chi connectivity index (χ2v) is 6.13. The molecule has 0 aromatic heterocycles. The van der Waals surface area contributed by atoms with Gasteiger partial charge in [-0.05, 0) is 37.8 Å². The molecule has 21 heavy (non-hydrogen) atoms. The molecule has 1 saturated carbocycles. The zero-order chi connectivity index (χ0) is 15.1. The average molecular weight is 288 g/mol. The lowest BCUT2D eigenvalue weighted by atomic mass is 9.89. The normalized spacial score (nSPS) is 15.7. The van der Waals surface area contributed by atoms with E-state index in [1.165, 1.54) is 32.1 Å². The van der Waals surface area contributed by atoms with E-state index in [-0.39, 0.29) is 5.91 Å². The maximum atomic E-state index is 12.4. The number of anilines is 1. The molecule has 2 rings (SSSR count). The number of benzene rings is 1. The lowest BCUT2D eigenvalue weighted by molar-refractivity contribution is -0.129. The van der Waals surface area contributed by atoms with Crippen molar-refractivity contribution < 1.29 is 4.79 Å². The summed E-state index contributed by atoms with van der Waals surface area (Å²) in [4.78, 5) is 16.5. The summed E-state index contributed by atoms with van der Waals surface area (Å²) in [7, 11) is 1.95. The average Bonchev–Trinajstić information content (AvgIpc) is 2.54. The highest BCUT2D eigenvalue weighted by atomic mass is 16.2. The van der Waals surface area contributed by atoms with Gasteiger partial charge in [-0.3, -0.25) is 4.79 Å². The number of carbonyl (C=O) groups is 1. The molecule has 3 heteroatoms. The fraction of sp³-hybridized carbons (Fsp3) is 0.611. The first-order valence-electron chi connectivity index (χ1n) is 8.24. The molecular formula is C18H28N2O. The summed E-state index contributed by atoms with van der Waals surface area (Å²) in [5, 5.41) is 0. The van der Waals surface area contributed by atoms with Gasteiger partial charge in [0.1, 0.15) is 0 Å². The monoisotopic (exact) mass is 288 g/mol. The molecule has 0 heterocycles. The third-order valence-corrected chi connectivity index (χ3v) is 4.51. The number of likely N-dealkylation sites (N-methyl/N-ethyl adjacent to an activating group) is 2. The Kier molecular flexibility index (Phi) is 6.09. The van der Waals surface area contributed by atoms with Crippen LogP contribution in [0.25, 0.3) is 0 Å². The number of rotatable bonds is 6. The van der Waals surface area contributed by atoms with Gasteiger partial charge in [0.05, 0.1) is 6.54 Å². The largest absolute Gasteiger partial charge is 0.362 e. The van der Waals surface area contributed by atoms with E-state index >= 15 is 0 Å². The molecule has 1 amide bonds. The fourth-order valence-electron chi connectivity index (χ4n) is 3.17. The third-order valence-electron chi connectivity index (χ3n) is 4.51. The minimum atomic E-state index is 0.228. The molecule has 0 atom stereocenters.